The summed E-state index contributed by atoms with van der Waals surface area (Å²) in [6.45, 7) is 2.99. The van der Waals surface area contributed by atoms with Gasteiger partial charge in [-0.1, -0.05) is 38.7 Å². The first-order chi connectivity index (χ1) is 9.24. The lowest BCUT2D eigenvalue weighted by Gasteiger charge is -2.17. The number of nitrogen functional groups attached to an aromatic ring is 1. The van der Waals surface area contributed by atoms with Gasteiger partial charge in [0.2, 0.25) is 5.91 Å². The van der Waals surface area contributed by atoms with Crippen LogP contribution in [0, 0.1) is 0 Å². The van der Waals surface area contributed by atoms with Crippen molar-refractivity contribution in [3.8, 4) is 0 Å². The standard InChI is InChI=1S/C16H24N2O/c1-2-3-4-5-6-10-16(19)18-12-11-13-14(17)8-7-9-15(13)18/h7-9H,2-6,10-12,17H2,1H3. The van der Waals surface area contributed by atoms with Crippen LogP contribution in [-0.2, 0) is 11.2 Å². The van der Waals surface area contributed by atoms with Gasteiger partial charge in [0.1, 0.15) is 0 Å². The van der Waals surface area contributed by atoms with E-state index >= 15 is 0 Å². The molecule has 2 rings (SSSR count). The quantitative estimate of drug-likeness (QED) is 0.628. The lowest BCUT2D eigenvalue weighted by atomic mass is 10.1. The Bertz CT molecular complexity index is 442. The maximum atomic E-state index is 12.2. The Labute approximate surface area is 115 Å². The van der Waals surface area contributed by atoms with E-state index in [4.69, 9.17) is 5.73 Å². The molecule has 0 spiro atoms. The van der Waals surface area contributed by atoms with E-state index in [0.29, 0.717) is 6.42 Å². The fourth-order valence-electron chi connectivity index (χ4n) is 2.74. The van der Waals surface area contributed by atoms with E-state index in [9.17, 15) is 4.79 Å². The van der Waals surface area contributed by atoms with Crippen LogP contribution in [0.25, 0.3) is 0 Å². The van der Waals surface area contributed by atoms with Gasteiger partial charge < -0.3 is 10.6 Å². The number of nitrogens with zero attached hydrogens (tertiary/aromatic N) is 1. The van der Waals surface area contributed by atoms with Crippen molar-refractivity contribution < 1.29 is 4.79 Å². The molecule has 0 aliphatic carbocycles. The fraction of sp³-hybridized carbons (Fsp3) is 0.562. The third-order valence-electron chi connectivity index (χ3n) is 3.86. The van der Waals surface area contributed by atoms with Crippen LogP contribution in [0.3, 0.4) is 0 Å². The monoisotopic (exact) mass is 260 g/mol. The Morgan fingerprint density at radius 2 is 2.05 bits per heavy atom. The van der Waals surface area contributed by atoms with Crippen molar-refractivity contribution in [2.45, 2.75) is 51.9 Å². The average Bonchev–Trinajstić information content (AvgIpc) is 2.84. The second-order valence-electron chi connectivity index (χ2n) is 5.30. The molecular formula is C16H24N2O. The number of fused-ring (bicyclic) bond motifs is 1. The van der Waals surface area contributed by atoms with Crippen LogP contribution in [0.1, 0.15) is 51.0 Å². The van der Waals surface area contributed by atoms with E-state index in [0.717, 1.165) is 42.7 Å². The molecule has 0 unspecified atom stereocenters. The maximum Gasteiger partial charge on any atom is 0.226 e. The zero-order valence-corrected chi connectivity index (χ0v) is 11.8. The molecule has 2 N–H and O–H groups in total. The number of unbranched alkanes of at least 4 members (excludes halogenated alkanes) is 4. The highest BCUT2D eigenvalue weighted by Crippen LogP contribution is 2.32. The molecule has 104 valence electrons. The summed E-state index contributed by atoms with van der Waals surface area (Å²) in [6, 6.07) is 5.85. The molecule has 1 aromatic carbocycles. The Morgan fingerprint density at radius 3 is 2.84 bits per heavy atom. The van der Waals surface area contributed by atoms with Gasteiger partial charge in [-0.05, 0) is 25.0 Å². The molecule has 0 saturated carbocycles. The van der Waals surface area contributed by atoms with Crippen molar-refractivity contribution >= 4 is 17.3 Å². The van der Waals surface area contributed by atoms with Crippen molar-refractivity contribution in [3.63, 3.8) is 0 Å². The highest BCUT2D eigenvalue weighted by atomic mass is 16.2. The maximum absolute atomic E-state index is 12.2. The molecule has 0 aromatic heterocycles. The summed E-state index contributed by atoms with van der Waals surface area (Å²) in [6.07, 6.45) is 7.49. The zero-order valence-electron chi connectivity index (χ0n) is 11.8. The van der Waals surface area contributed by atoms with Gasteiger partial charge in [0.15, 0.2) is 0 Å². The average molecular weight is 260 g/mol. The first-order valence-electron chi connectivity index (χ1n) is 7.41. The number of hydrogen-bond donors (Lipinski definition) is 1. The smallest absolute Gasteiger partial charge is 0.226 e. The number of rotatable bonds is 6. The van der Waals surface area contributed by atoms with Gasteiger partial charge in [-0.25, -0.2) is 0 Å². The van der Waals surface area contributed by atoms with Crippen molar-refractivity contribution in [1.82, 2.24) is 0 Å². The number of hydrogen-bond acceptors (Lipinski definition) is 2. The van der Waals surface area contributed by atoms with Crippen molar-refractivity contribution in [2.75, 3.05) is 17.2 Å². The highest BCUT2D eigenvalue weighted by Gasteiger charge is 2.25. The first-order valence-corrected chi connectivity index (χ1v) is 7.41. The van der Waals surface area contributed by atoms with Crippen LogP contribution in [0.15, 0.2) is 18.2 Å². The molecule has 0 bridgehead atoms. The summed E-state index contributed by atoms with van der Waals surface area (Å²) in [5.41, 5.74) is 8.93. The van der Waals surface area contributed by atoms with E-state index in [-0.39, 0.29) is 5.91 Å². The van der Waals surface area contributed by atoms with Crippen LogP contribution in [-0.4, -0.2) is 12.5 Å². The second-order valence-corrected chi connectivity index (χ2v) is 5.30. The molecule has 1 aliphatic heterocycles. The van der Waals surface area contributed by atoms with E-state index in [1.54, 1.807) is 0 Å². The minimum absolute atomic E-state index is 0.251. The summed E-state index contributed by atoms with van der Waals surface area (Å²) in [7, 11) is 0. The zero-order chi connectivity index (χ0) is 13.7. The largest absolute Gasteiger partial charge is 0.398 e. The van der Waals surface area contributed by atoms with Crippen molar-refractivity contribution in [3.05, 3.63) is 23.8 Å². The summed E-state index contributed by atoms with van der Waals surface area (Å²) < 4.78 is 0. The first kappa shape index (κ1) is 13.9. The molecule has 1 amide bonds. The molecule has 3 nitrogen and oxygen atoms in total. The number of anilines is 2. The summed E-state index contributed by atoms with van der Waals surface area (Å²) in [5.74, 6) is 0.251. The van der Waals surface area contributed by atoms with Gasteiger partial charge in [0.25, 0.3) is 0 Å². The molecule has 0 saturated heterocycles. The van der Waals surface area contributed by atoms with Gasteiger partial charge in [-0.2, -0.15) is 0 Å². The lowest BCUT2D eigenvalue weighted by molar-refractivity contribution is -0.118. The van der Waals surface area contributed by atoms with Gasteiger partial charge in [-0.3, -0.25) is 4.79 Å². The van der Waals surface area contributed by atoms with E-state index in [1.807, 2.05) is 23.1 Å². The summed E-state index contributed by atoms with van der Waals surface area (Å²) in [4.78, 5) is 14.1. The Morgan fingerprint density at radius 1 is 1.26 bits per heavy atom. The van der Waals surface area contributed by atoms with Gasteiger partial charge in [0, 0.05) is 29.9 Å². The van der Waals surface area contributed by atoms with Crippen LogP contribution in [0.4, 0.5) is 11.4 Å². The Kier molecular flexibility index (Phi) is 4.83. The Hall–Kier alpha value is -1.51. The number of amides is 1. The van der Waals surface area contributed by atoms with E-state index in [2.05, 4.69) is 6.92 Å². The predicted molar refractivity (Wildman–Crippen MR) is 80.3 cm³/mol. The lowest BCUT2D eigenvalue weighted by Crippen LogP contribution is -2.28. The Balaban J connectivity index is 1.87. The van der Waals surface area contributed by atoms with Crippen LogP contribution in [0.2, 0.25) is 0 Å². The van der Waals surface area contributed by atoms with Gasteiger partial charge in [0.05, 0.1) is 0 Å². The van der Waals surface area contributed by atoms with Crippen LogP contribution >= 0.6 is 0 Å². The minimum Gasteiger partial charge on any atom is -0.398 e. The molecular weight excluding hydrogens is 236 g/mol. The summed E-state index contributed by atoms with van der Waals surface area (Å²) >= 11 is 0. The number of carbonyl (C=O) groups is 1. The number of carbonyl (C=O) groups excluding carboxylic acids is 1. The van der Waals surface area contributed by atoms with Gasteiger partial charge >= 0.3 is 0 Å². The SMILES string of the molecule is CCCCCCCC(=O)N1CCc2c(N)cccc21. The minimum atomic E-state index is 0.251. The van der Waals surface area contributed by atoms with Crippen molar-refractivity contribution in [2.24, 2.45) is 0 Å². The van der Waals surface area contributed by atoms with E-state index in [1.165, 1.54) is 19.3 Å². The van der Waals surface area contributed by atoms with Crippen molar-refractivity contribution in [1.29, 1.82) is 0 Å². The molecule has 1 heterocycles. The normalized spacial score (nSPS) is 13.6. The topological polar surface area (TPSA) is 46.3 Å². The third kappa shape index (κ3) is 3.28. The number of nitrogens with two attached hydrogens (primary N) is 1. The fourth-order valence-corrected chi connectivity index (χ4v) is 2.74. The molecule has 19 heavy (non-hydrogen) atoms. The molecule has 3 heteroatoms. The molecule has 0 fully saturated rings. The molecule has 0 radical (unpaired) electrons. The molecule has 1 aromatic rings. The number of benzene rings is 1. The third-order valence-corrected chi connectivity index (χ3v) is 3.86. The molecule has 1 aliphatic rings. The molecule has 0 atom stereocenters. The van der Waals surface area contributed by atoms with E-state index < -0.39 is 0 Å². The predicted octanol–water partition coefficient (Wildman–Crippen LogP) is 3.52. The highest BCUT2D eigenvalue weighted by molar-refractivity contribution is 5.96. The summed E-state index contributed by atoms with van der Waals surface area (Å²) in [5, 5.41) is 0. The van der Waals surface area contributed by atoms with Crippen LogP contribution < -0.4 is 10.6 Å². The van der Waals surface area contributed by atoms with Crippen LogP contribution in [0.5, 0.6) is 0 Å². The second kappa shape index (κ2) is 6.60. The van der Waals surface area contributed by atoms with Gasteiger partial charge in [-0.15, -0.1) is 0 Å².